The number of methoxy groups -OCH3 is 3. The van der Waals surface area contributed by atoms with Crippen molar-refractivity contribution in [3.05, 3.63) is 59.4 Å². The molecule has 146 valence electrons. The van der Waals surface area contributed by atoms with Gasteiger partial charge in [0.05, 0.1) is 37.6 Å². The third-order valence-corrected chi connectivity index (χ3v) is 5.59. The van der Waals surface area contributed by atoms with Crippen molar-refractivity contribution in [1.82, 2.24) is 9.78 Å². The lowest BCUT2D eigenvalue weighted by molar-refractivity contribution is 0.0941. The topological polar surface area (TPSA) is 62.6 Å². The van der Waals surface area contributed by atoms with Crippen molar-refractivity contribution < 1.29 is 19.0 Å². The van der Waals surface area contributed by atoms with Gasteiger partial charge >= 0.3 is 0 Å². The van der Waals surface area contributed by atoms with E-state index in [0.29, 0.717) is 22.8 Å². The average Bonchev–Trinajstić information content (AvgIpc) is 3.01. The summed E-state index contributed by atoms with van der Waals surface area (Å²) < 4.78 is 17.4. The van der Waals surface area contributed by atoms with Crippen LogP contribution in [0.4, 0.5) is 0 Å². The number of rotatable bonds is 6. The second-order valence-electron chi connectivity index (χ2n) is 6.05. The summed E-state index contributed by atoms with van der Waals surface area (Å²) in [4.78, 5) is 15.2. The van der Waals surface area contributed by atoms with Gasteiger partial charge in [-0.15, -0.1) is 0 Å². The molecule has 1 heterocycles. The molecule has 2 aromatic carbocycles. The maximum absolute atomic E-state index is 13.2. The molecule has 1 aromatic heterocycles. The molecule has 0 radical (unpaired) electrons. The number of aromatic nitrogens is 2. The van der Waals surface area contributed by atoms with Gasteiger partial charge in [0.2, 0.25) is 5.75 Å². The van der Waals surface area contributed by atoms with Gasteiger partial charge in [0.25, 0.3) is 5.91 Å². The summed E-state index contributed by atoms with van der Waals surface area (Å²) in [5.41, 5.74) is 1.98. The van der Waals surface area contributed by atoms with E-state index in [1.165, 1.54) is 26.0 Å². The molecule has 3 aromatic rings. The van der Waals surface area contributed by atoms with Gasteiger partial charge in [-0.25, -0.2) is 0 Å². The fraction of sp³-hybridized carbons (Fsp3) is 0.238. The average molecular weight is 398 g/mol. The van der Waals surface area contributed by atoms with Crippen LogP contribution in [0.3, 0.4) is 0 Å². The van der Waals surface area contributed by atoms with Gasteiger partial charge in [0.15, 0.2) is 11.5 Å². The number of hydrogen-bond acceptors (Lipinski definition) is 6. The Kier molecular flexibility index (Phi) is 5.94. The molecule has 0 aliphatic rings. The number of carbonyl (C=O) groups excluding carboxylic acids is 1. The molecule has 0 bridgehead atoms. The number of nitrogens with zero attached hydrogens (tertiary/aromatic N) is 2. The van der Waals surface area contributed by atoms with Gasteiger partial charge in [0, 0.05) is 10.5 Å². The van der Waals surface area contributed by atoms with E-state index >= 15 is 0 Å². The van der Waals surface area contributed by atoms with Gasteiger partial charge < -0.3 is 14.2 Å². The summed E-state index contributed by atoms with van der Waals surface area (Å²) >= 11 is 1.59. The molecule has 0 aliphatic carbocycles. The van der Waals surface area contributed by atoms with E-state index in [2.05, 4.69) is 5.10 Å². The molecule has 0 spiro atoms. The first-order valence-electron chi connectivity index (χ1n) is 8.64. The minimum Gasteiger partial charge on any atom is -0.493 e. The predicted octanol–water partition coefficient (Wildman–Crippen LogP) is 4.37. The van der Waals surface area contributed by atoms with Crippen LogP contribution in [0.25, 0.3) is 0 Å². The van der Waals surface area contributed by atoms with Crippen LogP contribution in [-0.2, 0) is 0 Å². The maximum atomic E-state index is 13.2. The van der Waals surface area contributed by atoms with Crippen LogP contribution < -0.4 is 14.2 Å². The lowest BCUT2D eigenvalue weighted by Gasteiger charge is -2.14. The first-order valence-corrected chi connectivity index (χ1v) is 9.45. The minimum atomic E-state index is -0.264. The zero-order valence-electron chi connectivity index (χ0n) is 16.5. The van der Waals surface area contributed by atoms with Crippen molar-refractivity contribution in [2.45, 2.75) is 23.6 Å². The van der Waals surface area contributed by atoms with Crippen molar-refractivity contribution >= 4 is 17.7 Å². The lowest BCUT2D eigenvalue weighted by atomic mass is 10.1. The van der Waals surface area contributed by atoms with E-state index < -0.39 is 0 Å². The SMILES string of the molecule is COc1cc(C(=O)n2nc(C)c(Sc3ccccc3)c2C)cc(OC)c1OC. The Morgan fingerprint density at radius 3 is 2.11 bits per heavy atom. The molecule has 0 saturated carbocycles. The van der Waals surface area contributed by atoms with E-state index in [-0.39, 0.29) is 5.91 Å². The third kappa shape index (κ3) is 3.71. The monoisotopic (exact) mass is 398 g/mol. The Bertz CT molecular complexity index is 974. The first-order chi connectivity index (χ1) is 13.5. The molecular formula is C21H22N2O4S. The molecule has 28 heavy (non-hydrogen) atoms. The van der Waals surface area contributed by atoms with Crippen LogP contribution in [0.15, 0.2) is 52.3 Å². The van der Waals surface area contributed by atoms with E-state index in [9.17, 15) is 4.79 Å². The van der Waals surface area contributed by atoms with Gasteiger partial charge in [-0.3, -0.25) is 4.79 Å². The number of ether oxygens (including phenoxy) is 3. The van der Waals surface area contributed by atoms with Crippen molar-refractivity contribution in [1.29, 1.82) is 0 Å². The van der Waals surface area contributed by atoms with E-state index in [1.807, 2.05) is 44.2 Å². The predicted molar refractivity (Wildman–Crippen MR) is 108 cm³/mol. The Labute approximate surface area is 168 Å². The van der Waals surface area contributed by atoms with Crippen molar-refractivity contribution in [3.63, 3.8) is 0 Å². The summed E-state index contributed by atoms with van der Waals surface area (Å²) in [5.74, 6) is 1.02. The quantitative estimate of drug-likeness (QED) is 0.615. The zero-order valence-corrected chi connectivity index (χ0v) is 17.3. The van der Waals surface area contributed by atoms with Crippen molar-refractivity contribution in [2.75, 3.05) is 21.3 Å². The van der Waals surface area contributed by atoms with Crippen LogP contribution in [0, 0.1) is 13.8 Å². The molecule has 0 fully saturated rings. The van der Waals surface area contributed by atoms with Crippen LogP contribution in [0.5, 0.6) is 17.2 Å². The fourth-order valence-corrected chi connectivity index (χ4v) is 3.86. The van der Waals surface area contributed by atoms with Crippen LogP contribution >= 0.6 is 11.8 Å². The summed E-state index contributed by atoms with van der Waals surface area (Å²) in [6, 6.07) is 13.3. The molecular weight excluding hydrogens is 376 g/mol. The second kappa shape index (κ2) is 8.39. The lowest BCUT2D eigenvalue weighted by Crippen LogP contribution is -2.16. The van der Waals surface area contributed by atoms with E-state index in [4.69, 9.17) is 14.2 Å². The van der Waals surface area contributed by atoms with E-state index in [1.54, 1.807) is 23.9 Å². The second-order valence-corrected chi connectivity index (χ2v) is 7.13. The number of hydrogen-bond donors (Lipinski definition) is 0. The summed E-state index contributed by atoms with van der Waals surface area (Å²) in [6.45, 7) is 3.79. The number of aryl methyl sites for hydroxylation is 1. The normalized spacial score (nSPS) is 10.6. The first kappa shape index (κ1) is 19.8. The number of carbonyl (C=O) groups is 1. The molecule has 0 amide bonds. The highest BCUT2D eigenvalue weighted by Gasteiger charge is 2.22. The molecule has 0 atom stereocenters. The standard InChI is InChI=1S/C21H22N2O4S/c1-13-20(28-16-9-7-6-8-10-16)14(2)23(22-13)21(24)15-11-17(25-3)19(27-5)18(12-15)26-4/h6-12H,1-5H3. The van der Waals surface area contributed by atoms with Crippen molar-refractivity contribution in [3.8, 4) is 17.2 Å². The molecule has 0 N–H and O–H groups in total. The summed E-state index contributed by atoms with van der Waals surface area (Å²) in [5, 5.41) is 4.47. The van der Waals surface area contributed by atoms with Gasteiger partial charge in [0.1, 0.15) is 0 Å². The molecule has 0 aliphatic heterocycles. The highest BCUT2D eigenvalue weighted by molar-refractivity contribution is 7.99. The molecule has 0 saturated heterocycles. The Morgan fingerprint density at radius 1 is 0.964 bits per heavy atom. The fourth-order valence-electron chi connectivity index (χ4n) is 2.91. The highest BCUT2D eigenvalue weighted by atomic mass is 32.2. The maximum Gasteiger partial charge on any atom is 0.278 e. The smallest absolute Gasteiger partial charge is 0.278 e. The minimum absolute atomic E-state index is 0.264. The summed E-state index contributed by atoms with van der Waals surface area (Å²) in [7, 11) is 4.56. The van der Waals surface area contributed by atoms with Gasteiger partial charge in [-0.05, 0) is 38.1 Å². The largest absolute Gasteiger partial charge is 0.493 e. The van der Waals surface area contributed by atoms with Gasteiger partial charge in [-0.2, -0.15) is 9.78 Å². The molecule has 6 nitrogen and oxygen atoms in total. The highest BCUT2D eigenvalue weighted by Crippen LogP contribution is 2.39. The van der Waals surface area contributed by atoms with Crippen molar-refractivity contribution in [2.24, 2.45) is 0 Å². The Morgan fingerprint density at radius 2 is 1.57 bits per heavy atom. The van der Waals surface area contributed by atoms with Gasteiger partial charge in [-0.1, -0.05) is 30.0 Å². The zero-order chi connectivity index (χ0) is 20.3. The number of benzene rings is 2. The molecule has 0 unspecified atom stereocenters. The molecule has 7 heteroatoms. The van der Waals surface area contributed by atoms with Crippen LogP contribution in [0.1, 0.15) is 21.7 Å². The van der Waals surface area contributed by atoms with Crippen LogP contribution in [-0.4, -0.2) is 37.0 Å². The van der Waals surface area contributed by atoms with Crippen LogP contribution in [0.2, 0.25) is 0 Å². The summed E-state index contributed by atoms with van der Waals surface area (Å²) in [6.07, 6.45) is 0. The third-order valence-electron chi connectivity index (χ3n) is 4.29. The molecule has 3 rings (SSSR count). The Balaban J connectivity index is 2.01. The van der Waals surface area contributed by atoms with E-state index in [0.717, 1.165) is 21.2 Å². The Hall–Kier alpha value is -2.93.